The summed E-state index contributed by atoms with van der Waals surface area (Å²) in [6.07, 6.45) is 6.37. The van der Waals surface area contributed by atoms with E-state index in [0.29, 0.717) is 16.5 Å². The van der Waals surface area contributed by atoms with Gasteiger partial charge in [-0.2, -0.15) is 9.36 Å². The number of halogens is 1. The highest BCUT2D eigenvalue weighted by Crippen LogP contribution is 2.21. The minimum Gasteiger partial charge on any atom is -0.297 e. The summed E-state index contributed by atoms with van der Waals surface area (Å²) in [5, 5.41) is 3.02. The van der Waals surface area contributed by atoms with Crippen LogP contribution in [-0.2, 0) is 4.79 Å². The van der Waals surface area contributed by atoms with Gasteiger partial charge in [-0.15, -0.1) is 0 Å². The molecule has 2 heterocycles. The van der Waals surface area contributed by atoms with Crippen molar-refractivity contribution in [2.75, 3.05) is 5.32 Å². The van der Waals surface area contributed by atoms with Crippen LogP contribution in [0.4, 0.5) is 9.52 Å². The summed E-state index contributed by atoms with van der Waals surface area (Å²) in [6.45, 7) is 0. The first kappa shape index (κ1) is 15.0. The number of aromatic nitrogens is 3. The minimum atomic E-state index is -0.321. The van der Waals surface area contributed by atoms with Crippen LogP contribution in [0.2, 0.25) is 0 Å². The summed E-state index contributed by atoms with van der Waals surface area (Å²) in [7, 11) is 0. The van der Waals surface area contributed by atoms with Gasteiger partial charge in [-0.05, 0) is 42.0 Å². The summed E-state index contributed by atoms with van der Waals surface area (Å²) >= 11 is 1.07. The SMILES string of the molecule is O=C(/C=C\c1cccnc1)Nc1nc(-c2ccc(F)cc2)ns1. The number of hydrogen-bond acceptors (Lipinski definition) is 5. The van der Waals surface area contributed by atoms with E-state index in [-0.39, 0.29) is 11.7 Å². The molecule has 0 bridgehead atoms. The molecule has 0 aliphatic heterocycles. The Morgan fingerprint density at radius 3 is 2.78 bits per heavy atom. The second-order valence-electron chi connectivity index (χ2n) is 4.54. The van der Waals surface area contributed by atoms with Crippen molar-refractivity contribution >= 4 is 28.6 Å². The quantitative estimate of drug-likeness (QED) is 0.746. The van der Waals surface area contributed by atoms with E-state index < -0.39 is 0 Å². The zero-order valence-electron chi connectivity index (χ0n) is 11.8. The number of anilines is 1. The molecule has 0 aliphatic rings. The summed E-state index contributed by atoms with van der Waals surface area (Å²) < 4.78 is 17.0. The molecule has 1 amide bonds. The maximum atomic E-state index is 12.9. The fourth-order valence-corrected chi connectivity index (χ4v) is 2.38. The zero-order chi connectivity index (χ0) is 16.1. The molecule has 0 saturated carbocycles. The highest BCUT2D eigenvalue weighted by atomic mass is 32.1. The largest absolute Gasteiger partial charge is 0.297 e. The molecule has 0 radical (unpaired) electrons. The second-order valence-corrected chi connectivity index (χ2v) is 5.29. The van der Waals surface area contributed by atoms with Crippen LogP contribution in [0.1, 0.15) is 5.56 Å². The smallest absolute Gasteiger partial charge is 0.250 e. The van der Waals surface area contributed by atoms with Crippen LogP contribution < -0.4 is 5.32 Å². The predicted octanol–water partition coefficient (Wildman–Crippen LogP) is 3.39. The third-order valence-corrected chi connectivity index (χ3v) is 3.50. The first-order valence-electron chi connectivity index (χ1n) is 6.69. The number of hydrogen-bond donors (Lipinski definition) is 1. The van der Waals surface area contributed by atoms with Crippen LogP contribution >= 0.6 is 11.5 Å². The van der Waals surface area contributed by atoms with Gasteiger partial charge in [-0.3, -0.25) is 15.1 Å². The van der Waals surface area contributed by atoms with Crippen molar-refractivity contribution in [3.63, 3.8) is 0 Å². The van der Waals surface area contributed by atoms with Crippen molar-refractivity contribution in [1.29, 1.82) is 0 Å². The molecule has 0 saturated heterocycles. The first-order chi connectivity index (χ1) is 11.2. The van der Waals surface area contributed by atoms with Gasteiger partial charge in [0.25, 0.3) is 0 Å². The molecule has 5 nitrogen and oxygen atoms in total. The van der Waals surface area contributed by atoms with Crippen LogP contribution in [0.25, 0.3) is 17.5 Å². The van der Waals surface area contributed by atoms with Gasteiger partial charge in [0.2, 0.25) is 11.0 Å². The topological polar surface area (TPSA) is 67.8 Å². The normalized spacial score (nSPS) is 10.8. The number of rotatable bonds is 4. The van der Waals surface area contributed by atoms with Gasteiger partial charge < -0.3 is 0 Å². The van der Waals surface area contributed by atoms with Gasteiger partial charge in [0, 0.05) is 35.6 Å². The number of nitrogens with one attached hydrogen (secondary N) is 1. The number of carbonyl (C=O) groups excluding carboxylic acids is 1. The Bertz CT molecular complexity index is 831. The molecule has 0 spiro atoms. The second kappa shape index (κ2) is 6.89. The van der Waals surface area contributed by atoms with E-state index in [1.54, 1.807) is 36.7 Å². The average Bonchev–Trinajstić information content (AvgIpc) is 3.03. The van der Waals surface area contributed by atoms with E-state index in [2.05, 4.69) is 19.7 Å². The summed E-state index contributed by atoms with van der Waals surface area (Å²) in [4.78, 5) is 20.0. The Hall–Kier alpha value is -2.93. The fourth-order valence-electron chi connectivity index (χ4n) is 1.78. The van der Waals surface area contributed by atoms with Crippen LogP contribution in [0, 0.1) is 5.82 Å². The first-order valence-corrected chi connectivity index (χ1v) is 7.47. The molecular formula is C16H11FN4OS. The monoisotopic (exact) mass is 326 g/mol. The molecule has 114 valence electrons. The maximum Gasteiger partial charge on any atom is 0.250 e. The Labute approximate surface area is 135 Å². The molecule has 2 aromatic heterocycles. The summed E-state index contributed by atoms with van der Waals surface area (Å²) in [6, 6.07) is 9.48. The predicted molar refractivity (Wildman–Crippen MR) is 87.2 cm³/mol. The molecule has 23 heavy (non-hydrogen) atoms. The van der Waals surface area contributed by atoms with Crippen molar-refractivity contribution in [3.8, 4) is 11.4 Å². The zero-order valence-corrected chi connectivity index (χ0v) is 12.6. The van der Waals surface area contributed by atoms with Gasteiger partial charge in [-0.1, -0.05) is 6.07 Å². The van der Waals surface area contributed by atoms with Gasteiger partial charge >= 0.3 is 0 Å². The molecule has 3 aromatic rings. The van der Waals surface area contributed by atoms with E-state index in [1.165, 1.54) is 18.2 Å². The average molecular weight is 326 g/mol. The van der Waals surface area contributed by atoms with E-state index >= 15 is 0 Å². The molecule has 0 atom stereocenters. The Morgan fingerprint density at radius 2 is 2.04 bits per heavy atom. The van der Waals surface area contributed by atoms with Crippen LogP contribution in [0.5, 0.6) is 0 Å². The molecule has 0 fully saturated rings. The lowest BCUT2D eigenvalue weighted by Crippen LogP contribution is -2.07. The van der Waals surface area contributed by atoms with Crippen LogP contribution in [-0.4, -0.2) is 20.2 Å². The van der Waals surface area contributed by atoms with Gasteiger partial charge in [0.05, 0.1) is 0 Å². The minimum absolute atomic E-state index is 0.310. The fraction of sp³-hybridized carbons (Fsp3) is 0. The standard InChI is InChI=1S/C16H11FN4OS/c17-13-6-4-12(5-7-13)15-20-16(23-21-15)19-14(22)8-3-11-2-1-9-18-10-11/h1-10H,(H,19,20,21,22)/b8-3-. The Morgan fingerprint density at radius 1 is 1.22 bits per heavy atom. The molecule has 3 rings (SSSR count). The number of nitrogens with zero attached hydrogens (tertiary/aromatic N) is 3. The number of amides is 1. The molecule has 0 aliphatic carbocycles. The maximum absolute atomic E-state index is 12.9. The van der Waals surface area contributed by atoms with Crippen molar-refractivity contribution < 1.29 is 9.18 Å². The van der Waals surface area contributed by atoms with E-state index in [1.807, 2.05) is 6.07 Å². The number of carbonyl (C=O) groups is 1. The highest BCUT2D eigenvalue weighted by molar-refractivity contribution is 7.10. The third-order valence-electron chi connectivity index (χ3n) is 2.87. The van der Waals surface area contributed by atoms with Gasteiger partial charge in [-0.25, -0.2) is 4.39 Å². The molecule has 7 heteroatoms. The van der Waals surface area contributed by atoms with Crippen LogP contribution in [0.15, 0.2) is 54.9 Å². The molecular weight excluding hydrogens is 315 g/mol. The Kier molecular flexibility index (Phi) is 4.49. The van der Waals surface area contributed by atoms with Gasteiger partial charge in [0.15, 0.2) is 5.82 Å². The van der Waals surface area contributed by atoms with Crippen LogP contribution in [0.3, 0.4) is 0 Å². The van der Waals surface area contributed by atoms with Crippen molar-refractivity contribution in [3.05, 3.63) is 66.2 Å². The highest BCUT2D eigenvalue weighted by Gasteiger charge is 2.08. The van der Waals surface area contributed by atoms with E-state index in [9.17, 15) is 9.18 Å². The van der Waals surface area contributed by atoms with Crippen molar-refractivity contribution in [1.82, 2.24) is 14.3 Å². The van der Waals surface area contributed by atoms with E-state index in [4.69, 9.17) is 0 Å². The van der Waals surface area contributed by atoms with E-state index in [0.717, 1.165) is 17.1 Å². The molecule has 1 aromatic carbocycles. The third kappa shape index (κ3) is 4.04. The van der Waals surface area contributed by atoms with Crippen molar-refractivity contribution in [2.45, 2.75) is 0 Å². The van der Waals surface area contributed by atoms with Crippen molar-refractivity contribution in [2.24, 2.45) is 0 Å². The number of pyridine rings is 1. The lowest BCUT2D eigenvalue weighted by atomic mass is 10.2. The summed E-state index contributed by atoms with van der Waals surface area (Å²) in [5.41, 5.74) is 1.51. The lowest BCUT2D eigenvalue weighted by Gasteiger charge is -1.96. The summed E-state index contributed by atoms with van der Waals surface area (Å²) in [5.74, 6) is -0.185. The number of benzene rings is 1. The molecule has 1 N–H and O–H groups in total. The van der Waals surface area contributed by atoms with Gasteiger partial charge in [0.1, 0.15) is 5.82 Å². The molecule has 0 unspecified atom stereocenters. The lowest BCUT2D eigenvalue weighted by molar-refractivity contribution is -0.111. The Balaban J connectivity index is 1.66.